The van der Waals surface area contributed by atoms with Gasteiger partial charge in [0.05, 0.1) is 19.0 Å². The maximum absolute atomic E-state index is 5.34. The van der Waals surface area contributed by atoms with E-state index in [1.54, 1.807) is 13.3 Å². The SMILES string of the molecule is COc1cnc(C)cc1NC(C)C1CCCC1. The fourth-order valence-electron chi connectivity index (χ4n) is 2.64. The summed E-state index contributed by atoms with van der Waals surface area (Å²) in [5, 5.41) is 3.58. The number of aromatic nitrogens is 1. The average molecular weight is 234 g/mol. The Kier molecular flexibility index (Phi) is 3.87. The summed E-state index contributed by atoms with van der Waals surface area (Å²) in [7, 11) is 1.69. The van der Waals surface area contributed by atoms with Gasteiger partial charge in [0.1, 0.15) is 0 Å². The number of nitrogens with one attached hydrogen (secondary N) is 1. The summed E-state index contributed by atoms with van der Waals surface area (Å²) in [6, 6.07) is 2.57. The Bertz CT molecular complexity index is 372. The van der Waals surface area contributed by atoms with Gasteiger partial charge in [0.15, 0.2) is 5.75 Å². The third-order valence-electron chi connectivity index (χ3n) is 3.71. The van der Waals surface area contributed by atoms with Crippen molar-refractivity contribution in [3.63, 3.8) is 0 Å². The van der Waals surface area contributed by atoms with E-state index < -0.39 is 0 Å². The third kappa shape index (κ3) is 2.90. The zero-order chi connectivity index (χ0) is 12.3. The van der Waals surface area contributed by atoms with Gasteiger partial charge in [-0.05, 0) is 38.7 Å². The van der Waals surface area contributed by atoms with Crippen molar-refractivity contribution < 1.29 is 4.74 Å². The number of anilines is 1. The Balaban J connectivity index is 2.08. The normalized spacial score (nSPS) is 18.1. The van der Waals surface area contributed by atoms with Crippen LogP contribution in [0.3, 0.4) is 0 Å². The Labute approximate surface area is 104 Å². The van der Waals surface area contributed by atoms with E-state index in [1.807, 2.05) is 6.92 Å². The van der Waals surface area contributed by atoms with Crippen LogP contribution in [-0.4, -0.2) is 18.1 Å². The maximum Gasteiger partial charge on any atom is 0.160 e. The van der Waals surface area contributed by atoms with Crippen molar-refractivity contribution in [3.8, 4) is 5.75 Å². The molecule has 1 aromatic heterocycles. The Hall–Kier alpha value is -1.25. The second-order valence-corrected chi connectivity index (χ2v) is 5.00. The largest absolute Gasteiger partial charge is 0.493 e. The number of nitrogens with zero attached hydrogens (tertiary/aromatic N) is 1. The van der Waals surface area contributed by atoms with E-state index in [9.17, 15) is 0 Å². The molecule has 1 aliphatic carbocycles. The summed E-state index contributed by atoms with van der Waals surface area (Å²) in [5.74, 6) is 1.63. The molecule has 0 spiro atoms. The molecule has 1 saturated carbocycles. The van der Waals surface area contributed by atoms with Crippen LogP contribution in [0.2, 0.25) is 0 Å². The van der Waals surface area contributed by atoms with Crippen LogP contribution < -0.4 is 10.1 Å². The second kappa shape index (κ2) is 5.39. The summed E-state index contributed by atoms with van der Waals surface area (Å²) < 4.78 is 5.34. The fraction of sp³-hybridized carbons (Fsp3) is 0.643. The molecule has 17 heavy (non-hydrogen) atoms. The Morgan fingerprint density at radius 2 is 2.12 bits per heavy atom. The van der Waals surface area contributed by atoms with Gasteiger partial charge in [0.2, 0.25) is 0 Å². The minimum Gasteiger partial charge on any atom is -0.493 e. The van der Waals surface area contributed by atoms with E-state index in [2.05, 4.69) is 23.3 Å². The van der Waals surface area contributed by atoms with Crippen molar-refractivity contribution in [1.29, 1.82) is 0 Å². The van der Waals surface area contributed by atoms with Crippen molar-refractivity contribution in [2.75, 3.05) is 12.4 Å². The number of pyridine rings is 1. The lowest BCUT2D eigenvalue weighted by Crippen LogP contribution is -2.24. The standard InChI is InChI=1S/C14H22N2O/c1-10-8-13(14(17-3)9-15-10)16-11(2)12-6-4-5-7-12/h8-9,11-12H,4-7H2,1-3H3,(H,15,16). The first-order valence-corrected chi connectivity index (χ1v) is 6.48. The molecule has 2 rings (SSSR count). The van der Waals surface area contributed by atoms with E-state index in [0.717, 1.165) is 23.0 Å². The average Bonchev–Trinajstić information content (AvgIpc) is 2.83. The van der Waals surface area contributed by atoms with Gasteiger partial charge in [-0.15, -0.1) is 0 Å². The quantitative estimate of drug-likeness (QED) is 0.867. The van der Waals surface area contributed by atoms with Gasteiger partial charge in [-0.25, -0.2) is 0 Å². The summed E-state index contributed by atoms with van der Waals surface area (Å²) >= 11 is 0. The van der Waals surface area contributed by atoms with Gasteiger partial charge in [-0.1, -0.05) is 12.8 Å². The van der Waals surface area contributed by atoms with E-state index >= 15 is 0 Å². The molecule has 1 atom stereocenters. The molecular weight excluding hydrogens is 212 g/mol. The van der Waals surface area contributed by atoms with E-state index in [4.69, 9.17) is 4.74 Å². The van der Waals surface area contributed by atoms with Gasteiger partial charge in [-0.3, -0.25) is 4.98 Å². The molecule has 0 aromatic carbocycles. The predicted molar refractivity (Wildman–Crippen MR) is 70.6 cm³/mol. The molecule has 0 aliphatic heterocycles. The Morgan fingerprint density at radius 1 is 1.41 bits per heavy atom. The minimum absolute atomic E-state index is 0.508. The minimum atomic E-state index is 0.508. The third-order valence-corrected chi connectivity index (χ3v) is 3.71. The van der Waals surface area contributed by atoms with Crippen LogP contribution in [-0.2, 0) is 0 Å². The molecule has 0 radical (unpaired) electrons. The van der Waals surface area contributed by atoms with Crippen LogP contribution in [0.15, 0.2) is 12.3 Å². The molecular formula is C14H22N2O. The van der Waals surface area contributed by atoms with Crippen LogP contribution in [0.4, 0.5) is 5.69 Å². The lowest BCUT2D eigenvalue weighted by atomic mass is 9.99. The first kappa shape index (κ1) is 12.2. The van der Waals surface area contributed by atoms with Crippen molar-refractivity contribution in [1.82, 2.24) is 4.98 Å². The summed E-state index contributed by atoms with van der Waals surface area (Å²) in [4.78, 5) is 4.25. The molecule has 1 aromatic rings. The first-order valence-electron chi connectivity index (χ1n) is 6.48. The van der Waals surface area contributed by atoms with E-state index in [0.29, 0.717) is 6.04 Å². The predicted octanol–water partition coefficient (Wildman–Crippen LogP) is 3.39. The van der Waals surface area contributed by atoms with Crippen LogP contribution in [0, 0.1) is 12.8 Å². The summed E-state index contributed by atoms with van der Waals surface area (Å²) in [6.45, 7) is 4.27. The molecule has 3 heteroatoms. The smallest absolute Gasteiger partial charge is 0.160 e. The zero-order valence-corrected chi connectivity index (χ0v) is 11.0. The number of ether oxygens (including phenoxy) is 1. The molecule has 1 aliphatic rings. The summed E-state index contributed by atoms with van der Waals surface area (Å²) in [6.07, 6.45) is 7.24. The molecule has 0 saturated heterocycles. The molecule has 0 bridgehead atoms. The van der Waals surface area contributed by atoms with E-state index in [1.165, 1.54) is 25.7 Å². The van der Waals surface area contributed by atoms with Crippen molar-refractivity contribution in [3.05, 3.63) is 18.0 Å². The molecule has 1 N–H and O–H groups in total. The van der Waals surface area contributed by atoms with Gasteiger partial charge >= 0.3 is 0 Å². The van der Waals surface area contributed by atoms with Gasteiger partial charge in [0, 0.05) is 11.7 Å². The number of rotatable bonds is 4. The number of hydrogen-bond acceptors (Lipinski definition) is 3. The van der Waals surface area contributed by atoms with Crippen molar-refractivity contribution >= 4 is 5.69 Å². The van der Waals surface area contributed by atoms with Crippen LogP contribution in [0.1, 0.15) is 38.3 Å². The molecule has 1 heterocycles. The highest BCUT2D eigenvalue weighted by atomic mass is 16.5. The highest BCUT2D eigenvalue weighted by molar-refractivity contribution is 5.56. The fourth-order valence-corrected chi connectivity index (χ4v) is 2.64. The zero-order valence-electron chi connectivity index (χ0n) is 11.0. The maximum atomic E-state index is 5.34. The molecule has 94 valence electrons. The van der Waals surface area contributed by atoms with E-state index in [-0.39, 0.29) is 0 Å². The lowest BCUT2D eigenvalue weighted by Gasteiger charge is -2.22. The Morgan fingerprint density at radius 3 is 2.76 bits per heavy atom. The van der Waals surface area contributed by atoms with Crippen LogP contribution in [0.5, 0.6) is 5.75 Å². The van der Waals surface area contributed by atoms with Crippen molar-refractivity contribution in [2.24, 2.45) is 5.92 Å². The van der Waals surface area contributed by atoms with Crippen molar-refractivity contribution in [2.45, 2.75) is 45.6 Å². The highest BCUT2D eigenvalue weighted by Crippen LogP contribution is 2.31. The summed E-state index contributed by atoms with van der Waals surface area (Å²) in [5.41, 5.74) is 2.09. The first-order chi connectivity index (χ1) is 8.20. The van der Waals surface area contributed by atoms with Gasteiger partial charge in [0.25, 0.3) is 0 Å². The van der Waals surface area contributed by atoms with Gasteiger partial charge < -0.3 is 10.1 Å². The second-order valence-electron chi connectivity index (χ2n) is 5.00. The number of aryl methyl sites for hydroxylation is 1. The monoisotopic (exact) mass is 234 g/mol. The molecule has 3 nitrogen and oxygen atoms in total. The van der Waals surface area contributed by atoms with Gasteiger partial charge in [-0.2, -0.15) is 0 Å². The lowest BCUT2D eigenvalue weighted by molar-refractivity contribution is 0.411. The van der Waals surface area contributed by atoms with Crippen LogP contribution >= 0.6 is 0 Å². The highest BCUT2D eigenvalue weighted by Gasteiger charge is 2.22. The molecule has 1 unspecified atom stereocenters. The molecule has 0 amide bonds. The topological polar surface area (TPSA) is 34.1 Å². The van der Waals surface area contributed by atoms with Crippen LogP contribution in [0.25, 0.3) is 0 Å². The molecule has 1 fully saturated rings. The number of methoxy groups -OCH3 is 1. The number of hydrogen-bond donors (Lipinski definition) is 1.